The smallest absolute Gasteiger partial charge is 0.244 e. The predicted molar refractivity (Wildman–Crippen MR) is 80.6 cm³/mol. The molecule has 2 N–H and O–H groups in total. The highest BCUT2D eigenvalue weighted by Crippen LogP contribution is 2.19. The largest absolute Gasteiger partial charge is 0.353 e. The van der Waals surface area contributed by atoms with Crippen LogP contribution in [0.5, 0.6) is 0 Å². The number of benzene rings is 1. The average molecular weight is 322 g/mol. The molecule has 1 heterocycles. The van der Waals surface area contributed by atoms with Gasteiger partial charge in [-0.05, 0) is 24.1 Å². The topological polar surface area (TPSA) is 62.7 Å². The number of hydrogen-bond acceptors (Lipinski definition) is 5. The quantitative estimate of drug-likeness (QED) is 0.883. The maximum absolute atomic E-state index is 4.36. The van der Waals surface area contributed by atoms with Crippen LogP contribution in [-0.4, -0.2) is 21.7 Å². The van der Waals surface area contributed by atoms with E-state index in [2.05, 4.69) is 55.6 Å². The molecule has 0 saturated carbocycles. The molecule has 0 bridgehead atoms. The van der Waals surface area contributed by atoms with Gasteiger partial charge in [-0.25, -0.2) is 0 Å². The fraction of sp³-hybridized carbons (Fsp3) is 0.308. The Morgan fingerprint density at radius 3 is 2.89 bits per heavy atom. The molecule has 0 spiro atoms. The van der Waals surface area contributed by atoms with Crippen molar-refractivity contribution in [2.75, 3.05) is 17.2 Å². The Balaban J connectivity index is 2.06. The third kappa shape index (κ3) is 4.48. The zero-order chi connectivity index (χ0) is 13.7. The van der Waals surface area contributed by atoms with Crippen LogP contribution in [0.2, 0.25) is 0 Å². The number of nitrogens with one attached hydrogen (secondary N) is 2. The maximum atomic E-state index is 4.36. The summed E-state index contributed by atoms with van der Waals surface area (Å²) in [6.45, 7) is 5.08. The van der Waals surface area contributed by atoms with E-state index in [9.17, 15) is 0 Å². The molecule has 0 aliphatic carbocycles. The van der Waals surface area contributed by atoms with Gasteiger partial charge in [0.25, 0.3) is 0 Å². The molecule has 19 heavy (non-hydrogen) atoms. The van der Waals surface area contributed by atoms with Crippen LogP contribution in [0.1, 0.15) is 13.8 Å². The van der Waals surface area contributed by atoms with Crippen LogP contribution < -0.4 is 10.6 Å². The van der Waals surface area contributed by atoms with Crippen LogP contribution in [0, 0.1) is 5.92 Å². The number of anilines is 3. The number of halogens is 1. The van der Waals surface area contributed by atoms with Gasteiger partial charge in [0.05, 0.1) is 6.20 Å². The monoisotopic (exact) mass is 321 g/mol. The van der Waals surface area contributed by atoms with Gasteiger partial charge in [-0.2, -0.15) is 10.1 Å². The van der Waals surface area contributed by atoms with Crippen molar-refractivity contribution in [3.63, 3.8) is 0 Å². The molecule has 100 valence electrons. The molecule has 0 fully saturated rings. The molecule has 0 saturated heterocycles. The summed E-state index contributed by atoms with van der Waals surface area (Å²) in [5.41, 5.74) is 0.949. The van der Waals surface area contributed by atoms with Crippen LogP contribution in [0.4, 0.5) is 17.5 Å². The standard InChI is InChI=1S/C13H16BrN5/c1-9(2)7-15-13-18-12(8-16-19-13)17-11-5-3-4-10(14)6-11/h3-6,8-9H,7H2,1-2H3,(H2,15,17,18,19). The second kappa shape index (κ2) is 6.47. The van der Waals surface area contributed by atoms with Gasteiger partial charge in [0.1, 0.15) is 0 Å². The van der Waals surface area contributed by atoms with E-state index < -0.39 is 0 Å². The third-order valence-electron chi connectivity index (χ3n) is 2.32. The van der Waals surface area contributed by atoms with Gasteiger partial charge >= 0.3 is 0 Å². The van der Waals surface area contributed by atoms with E-state index in [0.717, 1.165) is 16.7 Å². The Labute approximate surface area is 121 Å². The lowest BCUT2D eigenvalue weighted by molar-refractivity contribution is 0.682. The molecule has 2 rings (SSSR count). The van der Waals surface area contributed by atoms with Gasteiger partial charge in [0.2, 0.25) is 5.95 Å². The summed E-state index contributed by atoms with van der Waals surface area (Å²) in [5, 5.41) is 14.2. The Morgan fingerprint density at radius 1 is 1.32 bits per heavy atom. The first-order chi connectivity index (χ1) is 9.13. The highest BCUT2D eigenvalue weighted by atomic mass is 79.9. The van der Waals surface area contributed by atoms with Gasteiger partial charge in [-0.15, -0.1) is 5.10 Å². The molecule has 5 nitrogen and oxygen atoms in total. The highest BCUT2D eigenvalue weighted by molar-refractivity contribution is 9.10. The van der Waals surface area contributed by atoms with Gasteiger partial charge < -0.3 is 10.6 Å². The first-order valence-corrected chi connectivity index (χ1v) is 6.89. The molecular weight excluding hydrogens is 306 g/mol. The summed E-state index contributed by atoms with van der Waals surface area (Å²) in [6.07, 6.45) is 1.60. The second-order valence-electron chi connectivity index (χ2n) is 4.58. The van der Waals surface area contributed by atoms with Gasteiger partial charge in [0.15, 0.2) is 5.82 Å². The third-order valence-corrected chi connectivity index (χ3v) is 2.82. The van der Waals surface area contributed by atoms with E-state index in [1.54, 1.807) is 6.20 Å². The Hall–Kier alpha value is -1.69. The van der Waals surface area contributed by atoms with Crippen LogP contribution in [0.15, 0.2) is 34.9 Å². The molecule has 0 unspecified atom stereocenters. The normalized spacial score (nSPS) is 10.5. The van der Waals surface area contributed by atoms with Crippen molar-refractivity contribution in [2.45, 2.75) is 13.8 Å². The molecule has 0 atom stereocenters. The van der Waals surface area contributed by atoms with Crippen molar-refractivity contribution < 1.29 is 0 Å². The first kappa shape index (κ1) is 13.7. The van der Waals surface area contributed by atoms with E-state index in [1.165, 1.54) is 0 Å². The molecule has 6 heteroatoms. The number of aromatic nitrogens is 3. The highest BCUT2D eigenvalue weighted by Gasteiger charge is 2.02. The molecule has 1 aromatic carbocycles. The fourth-order valence-corrected chi connectivity index (χ4v) is 1.85. The number of nitrogens with zero attached hydrogens (tertiary/aromatic N) is 3. The fourth-order valence-electron chi connectivity index (χ4n) is 1.45. The molecule has 0 aliphatic heterocycles. The van der Waals surface area contributed by atoms with E-state index in [1.807, 2.05) is 24.3 Å². The number of hydrogen-bond donors (Lipinski definition) is 2. The average Bonchev–Trinajstić information content (AvgIpc) is 2.37. The lowest BCUT2D eigenvalue weighted by Gasteiger charge is -2.09. The lowest BCUT2D eigenvalue weighted by Crippen LogP contribution is -2.11. The molecule has 0 radical (unpaired) electrons. The summed E-state index contributed by atoms with van der Waals surface area (Å²) in [5.74, 6) is 1.73. The zero-order valence-electron chi connectivity index (χ0n) is 10.9. The van der Waals surface area contributed by atoms with Gasteiger partial charge in [-0.3, -0.25) is 0 Å². The Kier molecular flexibility index (Phi) is 4.68. The SMILES string of the molecule is CC(C)CNc1nncc(Nc2cccc(Br)c2)n1. The van der Waals surface area contributed by atoms with Gasteiger partial charge in [0, 0.05) is 16.7 Å². The summed E-state index contributed by atoms with van der Waals surface area (Å²) >= 11 is 3.43. The molecular formula is C13H16BrN5. The van der Waals surface area contributed by atoms with Crippen molar-refractivity contribution in [1.29, 1.82) is 0 Å². The minimum absolute atomic E-state index is 0.533. The van der Waals surface area contributed by atoms with Crippen molar-refractivity contribution >= 4 is 33.4 Å². The minimum Gasteiger partial charge on any atom is -0.353 e. The minimum atomic E-state index is 0.533. The van der Waals surface area contributed by atoms with Crippen LogP contribution in [0.3, 0.4) is 0 Å². The number of rotatable bonds is 5. The maximum Gasteiger partial charge on any atom is 0.244 e. The van der Waals surface area contributed by atoms with Crippen LogP contribution in [-0.2, 0) is 0 Å². The molecule has 0 amide bonds. The molecule has 2 aromatic rings. The Bertz CT molecular complexity index is 544. The zero-order valence-corrected chi connectivity index (χ0v) is 12.5. The van der Waals surface area contributed by atoms with E-state index in [-0.39, 0.29) is 0 Å². The molecule has 0 aliphatic rings. The summed E-state index contributed by atoms with van der Waals surface area (Å²) in [7, 11) is 0. The summed E-state index contributed by atoms with van der Waals surface area (Å²) in [6, 6.07) is 7.87. The van der Waals surface area contributed by atoms with Crippen molar-refractivity contribution in [1.82, 2.24) is 15.2 Å². The molecule has 1 aromatic heterocycles. The van der Waals surface area contributed by atoms with E-state index in [0.29, 0.717) is 17.7 Å². The van der Waals surface area contributed by atoms with Crippen molar-refractivity contribution in [3.05, 3.63) is 34.9 Å². The van der Waals surface area contributed by atoms with Crippen LogP contribution >= 0.6 is 15.9 Å². The summed E-state index contributed by atoms with van der Waals surface area (Å²) in [4.78, 5) is 4.36. The van der Waals surface area contributed by atoms with Crippen molar-refractivity contribution in [2.24, 2.45) is 5.92 Å². The predicted octanol–water partition coefficient (Wildman–Crippen LogP) is 3.45. The van der Waals surface area contributed by atoms with Gasteiger partial charge in [-0.1, -0.05) is 35.8 Å². The van der Waals surface area contributed by atoms with Crippen LogP contribution in [0.25, 0.3) is 0 Å². The van der Waals surface area contributed by atoms with Crippen molar-refractivity contribution in [3.8, 4) is 0 Å². The lowest BCUT2D eigenvalue weighted by atomic mass is 10.2. The second-order valence-corrected chi connectivity index (χ2v) is 5.49. The van der Waals surface area contributed by atoms with E-state index >= 15 is 0 Å². The van der Waals surface area contributed by atoms with E-state index in [4.69, 9.17) is 0 Å². The Morgan fingerprint density at radius 2 is 2.16 bits per heavy atom. The summed E-state index contributed by atoms with van der Waals surface area (Å²) < 4.78 is 1.01. The first-order valence-electron chi connectivity index (χ1n) is 6.09.